The van der Waals surface area contributed by atoms with Crippen molar-refractivity contribution in [1.29, 1.82) is 0 Å². The van der Waals surface area contributed by atoms with Crippen molar-refractivity contribution in [3.8, 4) is 5.69 Å². The lowest BCUT2D eigenvalue weighted by Gasteiger charge is -2.22. The lowest BCUT2D eigenvalue weighted by atomic mass is 10.1. The van der Waals surface area contributed by atoms with Crippen LogP contribution in [0.25, 0.3) is 5.69 Å². The summed E-state index contributed by atoms with van der Waals surface area (Å²) < 4.78 is 28.8. The molecule has 0 bridgehead atoms. The van der Waals surface area contributed by atoms with E-state index in [9.17, 15) is 13.9 Å². The summed E-state index contributed by atoms with van der Waals surface area (Å²) in [6.07, 6.45) is 4.33. The zero-order chi connectivity index (χ0) is 16.4. The van der Waals surface area contributed by atoms with E-state index >= 15 is 0 Å². The zero-order valence-electron chi connectivity index (χ0n) is 13.1. The van der Waals surface area contributed by atoms with Crippen molar-refractivity contribution in [2.75, 3.05) is 13.6 Å². The Kier molecular flexibility index (Phi) is 4.73. The fraction of sp³-hybridized carbons (Fsp3) is 0.471. The Morgan fingerprint density at radius 2 is 2.00 bits per heavy atom. The molecular weight excluding hydrogens is 300 g/mol. The maximum absolute atomic E-state index is 13.8. The van der Waals surface area contributed by atoms with Gasteiger partial charge in [-0.25, -0.2) is 13.5 Å². The first kappa shape index (κ1) is 16.1. The van der Waals surface area contributed by atoms with Gasteiger partial charge in [-0.05, 0) is 44.0 Å². The van der Waals surface area contributed by atoms with E-state index in [0.717, 1.165) is 31.5 Å². The van der Waals surface area contributed by atoms with Gasteiger partial charge < -0.3 is 10.0 Å². The van der Waals surface area contributed by atoms with Gasteiger partial charge in [0.05, 0.1) is 11.8 Å². The van der Waals surface area contributed by atoms with Gasteiger partial charge in [-0.3, -0.25) is 0 Å². The van der Waals surface area contributed by atoms with Crippen LogP contribution in [-0.2, 0) is 6.54 Å². The molecule has 0 saturated heterocycles. The van der Waals surface area contributed by atoms with Gasteiger partial charge in [0, 0.05) is 19.3 Å². The summed E-state index contributed by atoms with van der Waals surface area (Å²) in [6, 6.07) is 5.52. The average molecular weight is 321 g/mol. The van der Waals surface area contributed by atoms with Crippen LogP contribution >= 0.6 is 0 Å². The highest BCUT2D eigenvalue weighted by Crippen LogP contribution is 2.26. The minimum atomic E-state index is -0.637. The second kappa shape index (κ2) is 6.76. The Balaban J connectivity index is 1.67. The summed E-state index contributed by atoms with van der Waals surface area (Å²) in [5, 5.41) is 14.2. The number of halogens is 2. The molecule has 1 saturated carbocycles. The molecule has 0 radical (unpaired) electrons. The van der Waals surface area contributed by atoms with Crippen molar-refractivity contribution in [3.05, 3.63) is 47.8 Å². The number of aromatic nitrogens is 2. The Morgan fingerprint density at radius 1 is 1.26 bits per heavy atom. The molecule has 0 aliphatic heterocycles. The molecule has 0 spiro atoms. The number of benzene rings is 1. The second-order valence-electron chi connectivity index (χ2n) is 6.28. The molecule has 6 heteroatoms. The van der Waals surface area contributed by atoms with E-state index in [4.69, 9.17) is 0 Å². The first-order valence-electron chi connectivity index (χ1n) is 7.90. The zero-order valence-corrected chi connectivity index (χ0v) is 13.1. The van der Waals surface area contributed by atoms with E-state index in [1.807, 2.05) is 7.05 Å². The Hall–Kier alpha value is -1.79. The molecule has 2 aromatic rings. The number of nitrogens with zero attached hydrogens (tertiary/aromatic N) is 3. The third kappa shape index (κ3) is 3.59. The van der Waals surface area contributed by atoms with Gasteiger partial charge in [-0.1, -0.05) is 12.5 Å². The largest absolute Gasteiger partial charge is 0.393 e. The van der Waals surface area contributed by atoms with Crippen molar-refractivity contribution >= 4 is 0 Å². The molecule has 23 heavy (non-hydrogen) atoms. The van der Waals surface area contributed by atoms with E-state index in [-0.39, 0.29) is 11.8 Å². The molecule has 1 aliphatic carbocycles. The topological polar surface area (TPSA) is 41.3 Å². The molecule has 3 rings (SSSR count). The summed E-state index contributed by atoms with van der Waals surface area (Å²) in [6.45, 7) is 1.37. The number of rotatable bonds is 5. The lowest BCUT2D eigenvalue weighted by molar-refractivity contribution is 0.107. The Morgan fingerprint density at radius 3 is 2.65 bits per heavy atom. The van der Waals surface area contributed by atoms with Crippen molar-refractivity contribution in [1.82, 2.24) is 14.7 Å². The molecule has 4 nitrogen and oxygen atoms in total. The predicted octanol–water partition coefficient (Wildman–Crippen LogP) is 2.74. The number of aliphatic hydroxyl groups is 1. The number of hydrogen-bond acceptors (Lipinski definition) is 3. The minimum Gasteiger partial charge on any atom is -0.393 e. The van der Waals surface area contributed by atoms with Gasteiger partial charge >= 0.3 is 0 Å². The van der Waals surface area contributed by atoms with Gasteiger partial charge in [0.15, 0.2) is 11.6 Å². The minimum absolute atomic E-state index is 0.160. The highest BCUT2D eigenvalue weighted by Gasteiger charge is 2.26. The second-order valence-corrected chi connectivity index (χ2v) is 6.28. The Labute approximate surface area is 134 Å². The van der Waals surface area contributed by atoms with Crippen LogP contribution in [-0.4, -0.2) is 39.5 Å². The van der Waals surface area contributed by atoms with Gasteiger partial charge in [0.2, 0.25) is 0 Å². The van der Waals surface area contributed by atoms with Crippen LogP contribution in [0.1, 0.15) is 25.0 Å². The highest BCUT2D eigenvalue weighted by atomic mass is 19.1. The SMILES string of the molecule is CN(Cc1ccn(-c2c(F)cccc2F)n1)CC1CCCC1O. The van der Waals surface area contributed by atoms with Crippen molar-refractivity contribution < 1.29 is 13.9 Å². The predicted molar refractivity (Wildman–Crippen MR) is 83.2 cm³/mol. The molecule has 1 N–H and O–H groups in total. The van der Waals surface area contributed by atoms with Crippen molar-refractivity contribution in [3.63, 3.8) is 0 Å². The van der Waals surface area contributed by atoms with Crippen LogP contribution in [0.2, 0.25) is 0 Å². The molecule has 1 heterocycles. The van der Waals surface area contributed by atoms with Crippen LogP contribution in [0.15, 0.2) is 30.5 Å². The van der Waals surface area contributed by atoms with Gasteiger partial charge in [0.25, 0.3) is 0 Å². The third-order valence-corrected chi connectivity index (χ3v) is 4.41. The third-order valence-electron chi connectivity index (χ3n) is 4.41. The quantitative estimate of drug-likeness (QED) is 0.921. The van der Waals surface area contributed by atoms with Crippen LogP contribution in [0.4, 0.5) is 8.78 Å². The maximum Gasteiger partial charge on any atom is 0.151 e. The number of para-hydroxylation sites is 1. The summed E-state index contributed by atoms with van der Waals surface area (Å²) in [5.41, 5.74) is 0.579. The molecular formula is C17H21F2N3O. The van der Waals surface area contributed by atoms with Crippen LogP contribution < -0.4 is 0 Å². The average Bonchev–Trinajstić information content (AvgIpc) is 3.09. The molecule has 1 aliphatic rings. The standard InChI is InChI=1S/C17H21F2N3O/c1-21(10-12-4-2-7-16(12)23)11-13-8-9-22(20-13)17-14(18)5-3-6-15(17)19/h3,5-6,8-9,12,16,23H,2,4,7,10-11H2,1H3. The summed E-state index contributed by atoms with van der Waals surface area (Å²) >= 11 is 0. The fourth-order valence-corrected chi connectivity index (χ4v) is 3.25. The fourth-order valence-electron chi connectivity index (χ4n) is 3.25. The molecule has 1 fully saturated rings. The van der Waals surface area contributed by atoms with Crippen LogP contribution in [0, 0.1) is 17.6 Å². The molecule has 0 amide bonds. The van der Waals surface area contributed by atoms with Gasteiger partial charge in [-0.2, -0.15) is 5.10 Å². The molecule has 1 aromatic carbocycles. The number of aliphatic hydroxyl groups excluding tert-OH is 1. The van der Waals surface area contributed by atoms with E-state index in [2.05, 4.69) is 10.00 Å². The van der Waals surface area contributed by atoms with E-state index < -0.39 is 11.6 Å². The molecule has 124 valence electrons. The van der Waals surface area contributed by atoms with E-state index in [0.29, 0.717) is 12.5 Å². The van der Waals surface area contributed by atoms with Gasteiger partial charge in [0.1, 0.15) is 5.69 Å². The Bertz CT molecular complexity index is 653. The first-order chi connectivity index (χ1) is 11.0. The highest BCUT2D eigenvalue weighted by molar-refractivity contribution is 5.34. The first-order valence-corrected chi connectivity index (χ1v) is 7.90. The summed E-state index contributed by atoms with van der Waals surface area (Å²) in [4.78, 5) is 2.09. The normalized spacial score (nSPS) is 21.3. The molecule has 1 aromatic heterocycles. The van der Waals surface area contributed by atoms with Crippen LogP contribution in [0.3, 0.4) is 0 Å². The van der Waals surface area contributed by atoms with Crippen molar-refractivity contribution in [2.45, 2.75) is 31.9 Å². The van der Waals surface area contributed by atoms with E-state index in [1.165, 1.54) is 22.9 Å². The van der Waals surface area contributed by atoms with Crippen molar-refractivity contribution in [2.24, 2.45) is 5.92 Å². The maximum atomic E-state index is 13.8. The summed E-state index contributed by atoms with van der Waals surface area (Å²) in [5.74, 6) is -0.977. The molecule has 2 atom stereocenters. The summed E-state index contributed by atoms with van der Waals surface area (Å²) in [7, 11) is 1.97. The smallest absolute Gasteiger partial charge is 0.151 e. The van der Waals surface area contributed by atoms with E-state index in [1.54, 1.807) is 12.3 Å². The molecule has 2 unspecified atom stereocenters. The monoisotopic (exact) mass is 321 g/mol. The van der Waals surface area contributed by atoms with Crippen LogP contribution in [0.5, 0.6) is 0 Å². The van der Waals surface area contributed by atoms with Gasteiger partial charge in [-0.15, -0.1) is 0 Å². The lowest BCUT2D eigenvalue weighted by Crippen LogP contribution is -2.29. The number of hydrogen-bond donors (Lipinski definition) is 1.